The molecule has 7 heteroatoms. The molecule has 2 N–H and O–H groups in total. The number of nitrogens with zero attached hydrogens (tertiary/aromatic N) is 3. The molecule has 1 aromatic carbocycles. The molecule has 2 rings (SSSR count). The molecule has 0 unspecified atom stereocenters. The van der Waals surface area contributed by atoms with Crippen molar-refractivity contribution in [3.05, 3.63) is 71.5 Å². The number of carbonyl (C=O) groups excluding carboxylic acids is 1. The van der Waals surface area contributed by atoms with Crippen LogP contribution in [-0.2, 0) is 0 Å². The van der Waals surface area contributed by atoms with E-state index in [0.717, 1.165) is 17.2 Å². The van der Waals surface area contributed by atoms with Crippen LogP contribution < -0.4 is 5.32 Å². The normalized spacial score (nSPS) is 12.2. The Morgan fingerprint density at radius 1 is 1.40 bits per heavy atom. The molecule has 0 saturated heterocycles. The summed E-state index contributed by atoms with van der Waals surface area (Å²) in [5.74, 6) is -2.00. The van der Waals surface area contributed by atoms with E-state index in [9.17, 15) is 14.3 Å². The Balaban J connectivity index is 2.22. The van der Waals surface area contributed by atoms with Crippen LogP contribution in [-0.4, -0.2) is 26.0 Å². The van der Waals surface area contributed by atoms with Gasteiger partial charge < -0.3 is 10.4 Å². The lowest BCUT2D eigenvalue weighted by atomic mass is 10.1. The van der Waals surface area contributed by atoms with E-state index < -0.39 is 17.5 Å². The maximum atomic E-state index is 12.9. The number of aryl methyl sites for hydroxylation is 2. The van der Waals surface area contributed by atoms with Crippen molar-refractivity contribution < 1.29 is 14.3 Å². The van der Waals surface area contributed by atoms with Crippen molar-refractivity contribution in [3.8, 4) is 0 Å². The van der Waals surface area contributed by atoms with Gasteiger partial charge in [-0.2, -0.15) is 0 Å². The van der Waals surface area contributed by atoms with E-state index in [2.05, 4.69) is 22.2 Å². The molecule has 0 radical (unpaired) electrons. The molecule has 130 valence electrons. The first-order chi connectivity index (χ1) is 11.8. The van der Waals surface area contributed by atoms with Crippen molar-refractivity contribution in [1.82, 2.24) is 15.0 Å². The largest absolute Gasteiger partial charge is 0.505 e. The number of aliphatic hydroxyl groups excluding tert-OH is 1. The van der Waals surface area contributed by atoms with Gasteiger partial charge in [-0.3, -0.25) is 4.79 Å². The van der Waals surface area contributed by atoms with Gasteiger partial charge >= 0.3 is 0 Å². The molecule has 0 aliphatic heterocycles. The number of hydrogen-bond acceptors (Lipinski definition) is 4. The van der Waals surface area contributed by atoms with Crippen molar-refractivity contribution in [2.75, 3.05) is 5.32 Å². The summed E-state index contributed by atoms with van der Waals surface area (Å²) < 4.78 is 14.2. The Labute approximate surface area is 145 Å². The monoisotopic (exact) mass is 342 g/mol. The number of amides is 1. The zero-order chi connectivity index (χ0) is 18.6. The molecule has 1 amide bonds. The van der Waals surface area contributed by atoms with Crippen LogP contribution >= 0.6 is 0 Å². The SMILES string of the molecule is C=C(F)/C(O)=C\C(=C/C)n1cc(C(=O)Nc2cc(C)ccc2C)nn1. The second-order valence-corrected chi connectivity index (χ2v) is 5.47. The molecule has 0 fully saturated rings. The van der Waals surface area contributed by atoms with Gasteiger partial charge in [-0.1, -0.05) is 30.0 Å². The minimum atomic E-state index is -0.965. The van der Waals surface area contributed by atoms with E-state index in [1.165, 1.54) is 10.9 Å². The fourth-order valence-electron chi connectivity index (χ4n) is 2.05. The summed E-state index contributed by atoms with van der Waals surface area (Å²) in [6.45, 7) is 8.51. The van der Waals surface area contributed by atoms with Gasteiger partial charge in [0.25, 0.3) is 5.91 Å². The minimum absolute atomic E-state index is 0.0900. The Kier molecular flexibility index (Phi) is 5.49. The summed E-state index contributed by atoms with van der Waals surface area (Å²) in [4.78, 5) is 12.3. The summed E-state index contributed by atoms with van der Waals surface area (Å²) in [6.07, 6.45) is 4.12. The number of rotatable bonds is 5. The third kappa shape index (κ3) is 4.41. The van der Waals surface area contributed by atoms with E-state index in [1.54, 1.807) is 13.0 Å². The molecule has 25 heavy (non-hydrogen) atoms. The smallest absolute Gasteiger partial charge is 0.277 e. The summed E-state index contributed by atoms with van der Waals surface area (Å²) in [7, 11) is 0. The molecule has 6 nitrogen and oxygen atoms in total. The molecule has 0 aliphatic rings. The fourth-order valence-corrected chi connectivity index (χ4v) is 2.05. The third-order valence-corrected chi connectivity index (χ3v) is 3.49. The first kappa shape index (κ1) is 18.1. The Morgan fingerprint density at radius 3 is 2.76 bits per heavy atom. The molecule has 0 saturated carbocycles. The van der Waals surface area contributed by atoms with Crippen LogP contribution in [0, 0.1) is 13.8 Å². The molecular weight excluding hydrogens is 323 g/mol. The van der Waals surface area contributed by atoms with Crippen LogP contribution in [0.15, 0.2) is 54.7 Å². The molecule has 1 aromatic heterocycles. The molecule has 0 bridgehead atoms. The van der Waals surface area contributed by atoms with Crippen LogP contribution in [0.25, 0.3) is 5.70 Å². The van der Waals surface area contributed by atoms with Gasteiger partial charge in [0.2, 0.25) is 0 Å². The van der Waals surface area contributed by atoms with E-state index in [0.29, 0.717) is 11.4 Å². The predicted molar refractivity (Wildman–Crippen MR) is 94.8 cm³/mol. The van der Waals surface area contributed by atoms with Crippen LogP contribution in [0.3, 0.4) is 0 Å². The second-order valence-electron chi connectivity index (χ2n) is 5.47. The van der Waals surface area contributed by atoms with Gasteiger partial charge in [-0.05, 0) is 38.0 Å². The molecule has 2 aromatic rings. The van der Waals surface area contributed by atoms with Gasteiger partial charge in [-0.15, -0.1) is 5.10 Å². The van der Waals surface area contributed by atoms with Gasteiger partial charge in [0.05, 0.1) is 11.9 Å². The number of allylic oxidation sites excluding steroid dienone is 4. The summed E-state index contributed by atoms with van der Waals surface area (Å²) in [5.41, 5.74) is 3.07. The van der Waals surface area contributed by atoms with Crippen molar-refractivity contribution in [2.24, 2.45) is 0 Å². The second kappa shape index (κ2) is 7.57. The fraction of sp³-hybridized carbons (Fsp3) is 0.167. The maximum absolute atomic E-state index is 12.9. The van der Waals surface area contributed by atoms with Crippen molar-refractivity contribution >= 4 is 17.3 Å². The number of nitrogens with one attached hydrogen (secondary N) is 1. The van der Waals surface area contributed by atoms with Crippen LogP contribution in [0.2, 0.25) is 0 Å². The highest BCUT2D eigenvalue weighted by Crippen LogP contribution is 2.18. The Bertz CT molecular complexity index is 881. The lowest BCUT2D eigenvalue weighted by molar-refractivity contribution is 0.102. The predicted octanol–water partition coefficient (Wildman–Crippen LogP) is 3.93. The Hall–Kier alpha value is -3.22. The van der Waals surface area contributed by atoms with E-state index >= 15 is 0 Å². The van der Waals surface area contributed by atoms with Gasteiger partial charge in [0, 0.05) is 11.8 Å². The lowest BCUT2D eigenvalue weighted by Gasteiger charge is -2.07. The van der Waals surface area contributed by atoms with Crippen LogP contribution in [0.5, 0.6) is 0 Å². The van der Waals surface area contributed by atoms with Gasteiger partial charge in [0.15, 0.2) is 17.3 Å². The van der Waals surface area contributed by atoms with Crippen LogP contribution in [0.4, 0.5) is 10.1 Å². The number of hydrogen-bond donors (Lipinski definition) is 2. The highest BCUT2D eigenvalue weighted by molar-refractivity contribution is 6.03. The topological polar surface area (TPSA) is 80.0 Å². The average molecular weight is 342 g/mol. The van der Waals surface area contributed by atoms with E-state index in [1.807, 2.05) is 32.0 Å². The molecule has 0 atom stereocenters. The maximum Gasteiger partial charge on any atom is 0.277 e. The summed E-state index contributed by atoms with van der Waals surface area (Å²) in [5, 5.41) is 19.9. The quantitative estimate of drug-likeness (QED) is 0.637. The van der Waals surface area contributed by atoms with Crippen molar-refractivity contribution in [1.29, 1.82) is 0 Å². The van der Waals surface area contributed by atoms with Gasteiger partial charge in [-0.25, -0.2) is 9.07 Å². The lowest BCUT2D eigenvalue weighted by Crippen LogP contribution is -2.13. The molecular formula is C18H19FN4O2. The summed E-state index contributed by atoms with van der Waals surface area (Å²) in [6, 6.07) is 5.73. The third-order valence-electron chi connectivity index (χ3n) is 3.49. The standard InChI is InChI=1S/C18H19FN4O2/c1-5-14(9-17(24)13(4)19)23-10-16(21-22-23)18(25)20-15-8-11(2)6-7-12(15)3/h5-10,24H,4H2,1-3H3,(H,20,25)/b14-5+,17-9+. The number of carbonyl (C=O) groups is 1. The van der Waals surface area contributed by atoms with Gasteiger partial charge in [0.1, 0.15) is 0 Å². The Morgan fingerprint density at radius 2 is 2.12 bits per heavy atom. The summed E-state index contributed by atoms with van der Waals surface area (Å²) >= 11 is 0. The van der Waals surface area contributed by atoms with Crippen molar-refractivity contribution in [2.45, 2.75) is 20.8 Å². The molecule has 0 aliphatic carbocycles. The van der Waals surface area contributed by atoms with E-state index in [-0.39, 0.29) is 5.69 Å². The highest BCUT2D eigenvalue weighted by atomic mass is 19.1. The molecule has 1 heterocycles. The zero-order valence-corrected chi connectivity index (χ0v) is 14.2. The number of halogens is 1. The average Bonchev–Trinajstić information content (AvgIpc) is 3.05. The first-order valence-corrected chi connectivity index (χ1v) is 7.55. The van der Waals surface area contributed by atoms with Crippen molar-refractivity contribution in [3.63, 3.8) is 0 Å². The zero-order valence-electron chi connectivity index (χ0n) is 14.2. The number of benzene rings is 1. The van der Waals surface area contributed by atoms with E-state index in [4.69, 9.17) is 0 Å². The highest BCUT2D eigenvalue weighted by Gasteiger charge is 2.14. The molecule has 0 spiro atoms. The first-order valence-electron chi connectivity index (χ1n) is 7.55. The number of aromatic nitrogens is 3. The minimum Gasteiger partial charge on any atom is -0.505 e. The number of anilines is 1. The number of aliphatic hydroxyl groups is 1. The van der Waals surface area contributed by atoms with Crippen LogP contribution in [0.1, 0.15) is 28.5 Å².